The van der Waals surface area contributed by atoms with Crippen LogP contribution in [0.4, 0.5) is 0 Å². The number of aryl methyl sites for hydroxylation is 1. The fourth-order valence-electron chi connectivity index (χ4n) is 6.74. The van der Waals surface area contributed by atoms with Gasteiger partial charge < -0.3 is 10.6 Å². The van der Waals surface area contributed by atoms with Gasteiger partial charge in [-0.1, -0.05) is 24.3 Å². The second kappa shape index (κ2) is 6.12. The zero-order chi connectivity index (χ0) is 16.9. The largest absolute Gasteiger partial charge is 0.348 e. The lowest BCUT2D eigenvalue weighted by Crippen LogP contribution is -2.59. The van der Waals surface area contributed by atoms with Crippen LogP contribution in [-0.4, -0.2) is 18.0 Å². The van der Waals surface area contributed by atoms with Crippen molar-refractivity contribution in [2.75, 3.05) is 6.54 Å². The van der Waals surface area contributed by atoms with Crippen LogP contribution < -0.4 is 10.6 Å². The molecule has 4 bridgehead atoms. The highest BCUT2D eigenvalue weighted by atomic mass is 16.2. The predicted octanol–water partition coefficient (Wildman–Crippen LogP) is 3.74. The van der Waals surface area contributed by atoms with Gasteiger partial charge in [-0.05, 0) is 86.7 Å². The van der Waals surface area contributed by atoms with Crippen LogP contribution >= 0.6 is 0 Å². The molecule has 3 nitrogen and oxygen atoms in total. The molecule has 1 amide bonds. The Morgan fingerprint density at radius 3 is 2.44 bits per heavy atom. The summed E-state index contributed by atoms with van der Waals surface area (Å²) in [5.74, 6) is 2.95. The standard InChI is InChI=1S/C22H30N2O/c25-21(24-20-7-3-5-18-4-1-2-6-19(18)20)14-23-22-11-15-8-16(12-22)10-17(9-15)13-22/h1-2,4,6,15-17,20,23H,3,5,7-14H2,(H,24,25)/t15?,16?,17?,20-,22?/m1/s1. The molecule has 1 aromatic rings. The predicted molar refractivity (Wildman–Crippen MR) is 99.2 cm³/mol. The monoisotopic (exact) mass is 338 g/mol. The van der Waals surface area contributed by atoms with Gasteiger partial charge in [-0.15, -0.1) is 0 Å². The lowest BCUT2D eigenvalue weighted by atomic mass is 9.53. The zero-order valence-corrected chi connectivity index (χ0v) is 15.1. The van der Waals surface area contributed by atoms with Gasteiger partial charge in [0.05, 0.1) is 12.6 Å². The van der Waals surface area contributed by atoms with Gasteiger partial charge in [-0.3, -0.25) is 4.79 Å². The summed E-state index contributed by atoms with van der Waals surface area (Å²) in [6.07, 6.45) is 11.7. The number of rotatable bonds is 4. The summed E-state index contributed by atoms with van der Waals surface area (Å²) in [5, 5.41) is 7.03. The van der Waals surface area contributed by atoms with Gasteiger partial charge in [-0.25, -0.2) is 0 Å². The molecule has 4 saturated carbocycles. The van der Waals surface area contributed by atoms with Crippen LogP contribution in [0.25, 0.3) is 0 Å². The van der Waals surface area contributed by atoms with E-state index in [0.717, 1.165) is 30.6 Å². The van der Waals surface area contributed by atoms with E-state index in [9.17, 15) is 4.79 Å². The molecule has 0 spiro atoms. The first-order chi connectivity index (χ1) is 12.2. The van der Waals surface area contributed by atoms with Crippen molar-refractivity contribution in [2.24, 2.45) is 17.8 Å². The van der Waals surface area contributed by atoms with Gasteiger partial charge >= 0.3 is 0 Å². The molecule has 5 aliphatic rings. The highest BCUT2D eigenvalue weighted by Gasteiger charge is 2.50. The Morgan fingerprint density at radius 1 is 1.04 bits per heavy atom. The van der Waals surface area contributed by atoms with E-state index in [1.807, 2.05) is 0 Å². The lowest BCUT2D eigenvalue weighted by Gasteiger charge is -2.57. The summed E-state index contributed by atoms with van der Waals surface area (Å²) in [6, 6.07) is 8.80. The molecule has 3 heteroatoms. The molecule has 0 unspecified atom stereocenters. The van der Waals surface area contributed by atoms with Crippen molar-refractivity contribution >= 4 is 5.91 Å². The van der Waals surface area contributed by atoms with E-state index in [1.165, 1.54) is 56.1 Å². The van der Waals surface area contributed by atoms with E-state index in [4.69, 9.17) is 0 Å². The van der Waals surface area contributed by atoms with Crippen LogP contribution in [0.2, 0.25) is 0 Å². The SMILES string of the molecule is O=C(CNC12CC3CC(CC(C3)C1)C2)N[C@@H]1CCCc2ccccc21. The summed E-state index contributed by atoms with van der Waals surface area (Å²) < 4.78 is 0. The topological polar surface area (TPSA) is 41.1 Å². The molecule has 0 radical (unpaired) electrons. The van der Waals surface area contributed by atoms with Crippen LogP contribution in [0.1, 0.15) is 68.5 Å². The van der Waals surface area contributed by atoms with E-state index in [2.05, 4.69) is 34.9 Å². The van der Waals surface area contributed by atoms with Crippen molar-refractivity contribution in [2.45, 2.75) is 69.4 Å². The van der Waals surface area contributed by atoms with Crippen molar-refractivity contribution in [1.82, 2.24) is 10.6 Å². The average Bonchev–Trinajstić information content (AvgIpc) is 2.59. The molecule has 5 aliphatic carbocycles. The maximum atomic E-state index is 12.6. The molecule has 1 aromatic carbocycles. The van der Waals surface area contributed by atoms with Crippen LogP contribution in [-0.2, 0) is 11.2 Å². The van der Waals surface area contributed by atoms with E-state index in [1.54, 1.807) is 0 Å². The maximum Gasteiger partial charge on any atom is 0.234 e. The number of hydrogen-bond donors (Lipinski definition) is 2. The van der Waals surface area contributed by atoms with E-state index in [0.29, 0.717) is 6.54 Å². The molecule has 4 fully saturated rings. The quantitative estimate of drug-likeness (QED) is 0.878. The van der Waals surface area contributed by atoms with Crippen molar-refractivity contribution < 1.29 is 4.79 Å². The molecule has 0 aliphatic heterocycles. The molecular weight excluding hydrogens is 308 g/mol. The van der Waals surface area contributed by atoms with E-state index < -0.39 is 0 Å². The molecule has 0 aromatic heterocycles. The molecule has 6 rings (SSSR count). The van der Waals surface area contributed by atoms with Gasteiger partial charge in [0.2, 0.25) is 5.91 Å². The Balaban J connectivity index is 1.21. The second-order valence-corrected chi connectivity index (χ2v) is 9.26. The van der Waals surface area contributed by atoms with Gasteiger partial charge in [0.1, 0.15) is 0 Å². The number of hydrogen-bond acceptors (Lipinski definition) is 2. The molecule has 134 valence electrons. The van der Waals surface area contributed by atoms with E-state index >= 15 is 0 Å². The first-order valence-electron chi connectivity index (χ1n) is 10.3. The third kappa shape index (κ3) is 3.01. The highest BCUT2D eigenvalue weighted by molar-refractivity contribution is 5.78. The Bertz CT molecular complexity index is 632. The minimum absolute atomic E-state index is 0.178. The van der Waals surface area contributed by atoms with Gasteiger partial charge in [0, 0.05) is 5.54 Å². The zero-order valence-electron chi connectivity index (χ0n) is 15.1. The van der Waals surface area contributed by atoms with E-state index in [-0.39, 0.29) is 17.5 Å². The average molecular weight is 338 g/mol. The summed E-state index contributed by atoms with van der Waals surface area (Å²) in [5.41, 5.74) is 3.02. The first-order valence-corrected chi connectivity index (χ1v) is 10.3. The van der Waals surface area contributed by atoms with Crippen molar-refractivity contribution in [3.8, 4) is 0 Å². The minimum atomic E-state index is 0.178. The first kappa shape index (κ1) is 15.9. The smallest absolute Gasteiger partial charge is 0.234 e. The summed E-state index contributed by atoms with van der Waals surface area (Å²) in [6.45, 7) is 0.491. The van der Waals surface area contributed by atoms with Crippen molar-refractivity contribution in [3.05, 3.63) is 35.4 Å². The summed E-state index contributed by atoms with van der Waals surface area (Å²) in [7, 11) is 0. The Hall–Kier alpha value is -1.35. The fourth-order valence-corrected chi connectivity index (χ4v) is 6.74. The Kier molecular flexibility index (Phi) is 3.89. The highest BCUT2D eigenvalue weighted by Crippen LogP contribution is 2.55. The number of carbonyl (C=O) groups is 1. The van der Waals surface area contributed by atoms with Crippen LogP contribution in [0.5, 0.6) is 0 Å². The second-order valence-electron chi connectivity index (χ2n) is 9.26. The Labute approximate surface area is 151 Å². The number of benzene rings is 1. The number of nitrogens with one attached hydrogen (secondary N) is 2. The number of carbonyl (C=O) groups excluding carboxylic acids is 1. The summed E-state index contributed by atoms with van der Waals surface area (Å²) >= 11 is 0. The van der Waals surface area contributed by atoms with Crippen LogP contribution in [0.3, 0.4) is 0 Å². The maximum absolute atomic E-state index is 12.6. The van der Waals surface area contributed by atoms with Crippen molar-refractivity contribution in [1.29, 1.82) is 0 Å². The van der Waals surface area contributed by atoms with Gasteiger partial charge in [0.15, 0.2) is 0 Å². The molecule has 1 atom stereocenters. The number of fused-ring (bicyclic) bond motifs is 1. The molecule has 2 N–H and O–H groups in total. The molecule has 0 saturated heterocycles. The number of amides is 1. The minimum Gasteiger partial charge on any atom is -0.348 e. The third-order valence-electron chi connectivity index (χ3n) is 7.37. The van der Waals surface area contributed by atoms with Gasteiger partial charge in [0.25, 0.3) is 0 Å². The molecular formula is C22H30N2O. The van der Waals surface area contributed by atoms with Gasteiger partial charge in [-0.2, -0.15) is 0 Å². The van der Waals surface area contributed by atoms with Crippen LogP contribution in [0.15, 0.2) is 24.3 Å². The van der Waals surface area contributed by atoms with Crippen LogP contribution in [0, 0.1) is 17.8 Å². The Morgan fingerprint density at radius 2 is 1.72 bits per heavy atom. The summed E-state index contributed by atoms with van der Waals surface area (Å²) in [4.78, 5) is 12.6. The third-order valence-corrected chi connectivity index (χ3v) is 7.37. The fraction of sp³-hybridized carbons (Fsp3) is 0.682. The molecule has 0 heterocycles. The normalized spacial score (nSPS) is 38.4. The molecule has 25 heavy (non-hydrogen) atoms. The lowest BCUT2D eigenvalue weighted by molar-refractivity contribution is -0.122. The van der Waals surface area contributed by atoms with Crippen molar-refractivity contribution in [3.63, 3.8) is 0 Å².